The Hall–Kier alpha value is -4.85. The molecule has 1 aliphatic heterocycles. The number of nitrogens with one attached hydrogen (secondary N) is 1. The Labute approximate surface area is 222 Å². The van der Waals surface area contributed by atoms with Crippen molar-refractivity contribution in [3.63, 3.8) is 0 Å². The first-order valence-corrected chi connectivity index (χ1v) is 12.7. The zero-order chi connectivity index (χ0) is 27.2. The number of benzene rings is 4. The number of nitro benzene ring substituents is 1. The van der Waals surface area contributed by atoms with Crippen LogP contribution in [0.1, 0.15) is 38.8 Å². The minimum atomic E-state index is -0.397. The fraction of sp³-hybridized carbons (Fsp3) is 0.194. The number of fused-ring (bicyclic) bond motifs is 11. The molecule has 3 heterocycles. The molecular weight excluding hydrogens is 496 g/mol. The Bertz CT molecular complexity index is 2040. The molecule has 2 aromatic heterocycles. The van der Waals surface area contributed by atoms with E-state index in [0.717, 1.165) is 44.0 Å². The van der Waals surface area contributed by atoms with Crippen LogP contribution in [0.3, 0.4) is 0 Å². The molecule has 8 nitrogen and oxygen atoms in total. The van der Waals surface area contributed by atoms with Gasteiger partial charge in [-0.3, -0.25) is 14.9 Å². The second kappa shape index (κ2) is 7.83. The topological polar surface area (TPSA) is 108 Å². The number of hydrogen-bond acceptors (Lipinski definition) is 6. The summed E-state index contributed by atoms with van der Waals surface area (Å²) >= 11 is 0. The summed E-state index contributed by atoms with van der Waals surface area (Å²) in [7, 11) is 0. The number of rotatable bonds is 2. The average molecular weight is 521 g/mol. The van der Waals surface area contributed by atoms with E-state index in [-0.39, 0.29) is 17.0 Å². The van der Waals surface area contributed by atoms with Gasteiger partial charge in [-0.15, -0.1) is 0 Å². The molecule has 1 N–H and O–H groups in total. The van der Waals surface area contributed by atoms with E-state index in [1.807, 2.05) is 36.4 Å². The quantitative estimate of drug-likeness (QED) is 0.182. The zero-order valence-corrected chi connectivity index (χ0v) is 21.8. The van der Waals surface area contributed by atoms with Crippen LogP contribution in [-0.2, 0) is 16.8 Å². The molecule has 0 radical (unpaired) electrons. The molecule has 0 fully saturated rings. The first-order valence-electron chi connectivity index (χ1n) is 12.7. The van der Waals surface area contributed by atoms with Crippen LogP contribution in [0.5, 0.6) is 5.75 Å². The lowest BCUT2D eigenvalue weighted by Crippen LogP contribution is -2.14. The Morgan fingerprint density at radius 1 is 0.897 bits per heavy atom. The van der Waals surface area contributed by atoms with E-state index in [2.05, 4.69) is 26.1 Å². The van der Waals surface area contributed by atoms with Gasteiger partial charge in [0.2, 0.25) is 5.91 Å². The number of carbonyl (C=O) groups is 1. The lowest BCUT2D eigenvalue weighted by atomic mass is 9.82. The van der Waals surface area contributed by atoms with Crippen molar-refractivity contribution in [2.45, 2.75) is 39.7 Å². The molecule has 1 aliphatic rings. The van der Waals surface area contributed by atoms with Gasteiger partial charge >= 0.3 is 0 Å². The molecule has 39 heavy (non-hydrogen) atoms. The van der Waals surface area contributed by atoms with Crippen molar-refractivity contribution < 1.29 is 23.3 Å². The third-order valence-corrected chi connectivity index (χ3v) is 7.38. The molecule has 8 heteroatoms. The molecule has 0 unspecified atom stereocenters. The van der Waals surface area contributed by atoms with E-state index in [9.17, 15) is 14.9 Å². The van der Waals surface area contributed by atoms with E-state index in [1.165, 1.54) is 13.0 Å². The molecule has 0 aliphatic carbocycles. The predicted molar refractivity (Wildman–Crippen MR) is 150 cm³/mol. The van der Waals surface area contributed by atoms with Crippen molar-refractivity contribution in [1.82, 2.24) is 0 Å². The summed E-state index contributed by atoms with van der Waals surface area (Å²) in [5, 5.41) is 17.7. The number of amides is 1. The first-order chi connectivity index (χ1) is 18.6. The molecule has 0 bridgehead atoms. The standard InChI is InChI=1S/C31H24N2O6/c1-15(34)32-17-6-9-23-19(11-17)28-29-25(13-21(30(28)39-23)31(2,3)4)37-14-16-5-8-24-27(26(16)29)20-12-18(33(35)36)7-10-22(20)38-24/h5-13H,14H2,1-4H3,(H,32,34). The van der Waals surface area contributed by atoms with Gasteiger partial charge in [-0.1, -0.05) is 26.8 Å². The van der Waals surface area contributed by atoms with E-state index in [1.54, 1.807) is 12.1 Å². The molecule has 0 spiro atoms. The fourth-order valence-corrected chi connectivity index (χ4v) is 5.70. The lowest BCUT2D eigenvalue weighted by molar-refractivity contribution is -0.384. The minimum Gasteiger partial charge on any atom is -0.488 e. The van der Waals surface area contributed by atoms with E-state index < -0.39 is 4.92 Å². The summed E-state index contributed by atoms with van der Waals surface area (Å²) in [6.45, 7) is 8.20. The highest BCUT2D eigenvalue weighted by molar-refractivity contribution is 6.22. The van der Waals surface area contributed by atoms with Crippen LogP contribution in [0, 0.1) is 10.1 Å². The van der Waals surface area contributed by atoms with Crippen LogP contribution < -0.4 is 10.1 Å². The van der Waals surface area contributed by atoms with Crippen molar-refractivity contribution in [2.75, 3.05) is 5.32 Å². The maximum absolute atomic E-state index is 11.8. The maximum Gasteiger partial charge on any atom is 0.270 e. The number of ether oxygens (including phenoxy) is 1. The Balaban J connectivity index is 1.67. The molecule has 0 atom stereocenters. The van der Waals surface area contributed by atoms with Crippen LogP contribution in [0.2, 0.25) is 0 Å². The van der Waals surface area contributed by atoms with Crippen molar-refractivity contribution in [1.29, 1.82) is 0 Å². The van der Waals surface area contributed by atoms with Crippen molar-refractivity contribution >= 4 is 61.2 Å². The highest BCUT2D eigenvalue weighted by Crippen LogP contribution is 2.53. The normalized spacial score (nSPS) is 13.0. The first kappa shape index (κ1) is 23.3. The predicted octanol–water partition coefficient (Wildman–Crippen LogP) is 8.21. The van der Waals surface area contributed by atoms with Crippen LogP contribution >= 0.6 is 0 Å². The summed E-state index contributed by atoms with van der Waals surface area (Å²) in [6.07, 6.45) is 0. The Kier molecular flexibility index (Phi) is 4.67. The number of anilines is 1. The summed E-state index contributed by atoms with van der Waals surface area (Å²) in [4.78, 5) is 23.1. The lowest BCUT2D eigenvalue weighted by Gasteiger charge is -2.26. The fourth-order valence-electron chi connectivity index (χ4n) is 5.70. The van der Waals surface area contributed by atoms with Crippen LogP contribution in [-0.4, -0.2) is 10.8 Å². The Morgan fingerprint density at radius 3 is 2.36 bits per heavy atom. The second-order valence-corrected chi connectivity index (χ2v) is 11.0. The van der Waals surface area contributed by atoms with E-state index in [4.69, 9.17) is 13.6 Å². The number of furan rings is 2. The maximum atomic E-state index is 11.8. The third kappa shape index (κ3) is 3.41. The van der Waals surface area contributed by atoms with Gasteiger partial charge in [0.05, 0.1) is 4.92 Å². The largest absolute Gasteiger partial charge is 0.488 e. The summed E-state index contributed by atoms with van der Waals surface area (Å²) < 4.78 is 19.0. The molecule has 4 aromatic carbocycles. The number of carbonyl (C=O) groups excluding carboxylic acids is 1. The average Bonchev–Trinajstić information content (AvgIpc) is 3.44. The third-order valence-electron chi connectivity index (χ3n) is 7.38. The highest BCUT2D eigenvalue weighted by atomic mass is 16.6. The van der Waals surface area contributed by atoms with Crippen LogP contribution in [0.25, 0.3) is 55.0 Å². The van der Waals surface area contributed by atoms with E-state index >= 15 is 0 Å². The molecule has 1 amide bonds. The molecule has 0 saturated carbocycles. The van der Waals surface area contributed by atoms with Crippen LogP contribution in [0.15, 0.2) is 63.4 Å². The molecular formula is C31H24N2O6. The zero-order valence-electron chi connectivity index (χ0n) is 21.8. The van der Waals surface area contributed by atoms with Gasteiger partial charge < -0.3 is 18.9 Å². The van der Waals surface area contributed by atoms with Crippen molar-refractivity contribution in [3.8, 4) is 16.9 Å². The van der Waals surface area contributed by atoms with Gasteiger partial charge in [0.1, 0.15) is 34.7 Å². The minimum absolute atomic E-state index is 0.00276. The van der Waals surface area contributed by atoms with Gasteiger partial charge in [0.25, 0.3) is 5.69 Å². The van der Waals surface area contributed by atoms with Gasteiger partial charge in [-0.2, -0.15) is 0 Å². The van der Waals surface area contributed by atoms with E-state index in [0.29, 0.717) is 40.2 Å². The number of nitrogens with zero attached hydrogens (tertiary/aromatic N) is 1. The summed E-state index contributed by atoms with van der Waals surface area (Å²) in [6, 6.07) is 16.2. The Morgan fingerprint density at radius 2 is 1.62 bits per heavy atom. The number of hydrogen-bond donors (Lipinski definition) is 1. The molecule has 6 aromatic rings. The molecule has 194 valence electrons. The number of non-ortho nitro benzene ring substituents is 1. The monoisotopic (exact) mass is 520 g/mol. The van der Waals surface area contributed by atoms with Gasteiger partial charge in [-0.25, -0.2) is 0 Å². The second-order valence-electron chi connectivity index (χ2n) is 11.0. The van der Waals surface area contributed by atoms with Crippen molar-refractivity contribution in [3.05, 3.63) is 75.8 Å². The molecule has 7 rings (SSSR count). The number of nitro groups is 1. The van der Waals surface area contributed by atoms with Gasteiger partial charge in [-0.05, 0) is 47.4 Å². The van der Waals surface area contributed by atoms with Crippen LogP contribution in [0.4, 0.5) is 11.4 Å². The van der Waals surface area contributed by atoms with Crippen molar-refractivity contribution in [2.24, 2.45) is 0 Å². The smallest absolute Gasteiger partial charge is 0.270 e. The highest BCUT2D eigenvalue weighted by Gasteiger charge is 2.32. The SMILES string of the molecule is CC(=O)Nc1ccc2oc3c(C(C)(C)C)cc4c(c3c2c1)-c1c(ccc2oc3ccc([N+](=O)[O-])cc3c12)CO4. The summed E-state index contributed by atoms with van der Waals surface area (Å²) in [5.41, 5.74) is 6.74. The molecule has 0 saturated heterocycles. The van der Waals surface area contributed by atoms with Gasteiger partial charge in [0.15, 0.2) is 0 Å². The summed E-state index contributed by atoms with van der Waals surface area (Å²) in [5.74, 6) is 0.543. The van der Waals surface area contributed by atoms with Gasteiger partial charge in [0, 0.05) is 63.0 Å².